The number of urea groups is 1. The number of thioether (sulfide) groups is 1. The van der Waals surface area contributed by atoms with Gasteiger partial charge in [0, 0.05) is 81.0 Å². The van der Waals surface area contributed by atoms with E-state index < -0.39 is 29.1 Å². The van der Waals surface area contributed by atoms with Crippen molar-refractivity contribution in [3.63, 3.8) is 0 Å². The van der Waals surface area contributed by atoms with Gasteiger partial charge in [0.05, 0.1) is 23.6 Å². The van der Waals surface area contributed by atoms with Gasteiger partial charge < -0.3 is 29.6 Å². The molecule has 4 fully saturated rings. The van der Waals surface area contributed by atoms with E-state index in [1.165, 1.54) is 12.1 Å². The SMILES string of the molecule is CNc1cc(N2CCC(N3CCC(COc4cc(F)c5c(=O)[nH]c(CSC6CCOCC6)nc5c4)CC3)CC2)c(F)cc1C(=N)N1CCC(=O)NC1=O. The summed E-state index contributed by atoms with van der Waals surface area (Å²) in [4.78, 5) is 49.6. The van der Waals surface area contributed by atoms with Crippen LogP contribution in [0, 0.1) is 23.0 Å². The number of anilines is 2. The molecular formula is C37H46F2N8O5S. The molecule has 13 nitrogen and oxygen atoms in total. The summed E-state index contributed by atoms with van der Waals surface area (Å²) in [5.41, 5.74) is 1.06. The maximum Gasteiger partial charge on any atom is 0.329 e. The van der Waals surface area contributed by atoms with Crippen LogP contribution in [-0.2, 0) is 15.3 Å². The first-order chi connectivity index (χ1) is 25.7. The number of amidine groups is 1. The van der Waals surface area contributed by atoms with Crippen molar-refractivity contribution in [2.45, 2.75) is 62.0 Å². The summed E-state index contributed by atoms with van der Waals surface area (Å²) in [7, 11) is 1.69. The predicted molar refractivity (Wildman–Crippen MR) is 200 cm³/mol. The Balaban J connectivity index is 0.899. The van der Waals surface area contributed by atoms with E-state index in [0.717, 1.165) is 69.7 Å². The van der Waals surface area contributed by atoms with Crippen LogP contribution in [0.3, 0.4) is 0 Å². The van der Waals surface area contributed by atoms with E-state index >= 15 is 8.78 Å². The minimum Gasteiger partial charge on any atom is -0.493 e. The number of nitrogens with one attached hydrogen (secondary N) is 4. The number of aromatic nitrogens is 2. The number of piperidine rings is 2. The third-order valence-corrected chi connectivity index (χ3v) is 12.2. The van der Waals surface area contributed by atoms with Gasteiger partial charge >= 0.3 is 6.03 Å². The van der Waals surface area contributed by atoms with Crippen molar-refractivity contribution in [2.75, 3.05) is 69.8 Å². The molecular weight excluding hydrogens is 707 g/mol. The highest BCUT2D eigenvalue weighted by atomic mass is 32.2. The second-order valence-corrected chi connectivity index (χ2v) is 15.4. The molecule has 0 bridgehead atoms. The molecule has 0 radical (unpaired) electrons. The number of hydrogen-bond donors (Lipinski definition) is 4. The molecule has 4 aliphatic heterocycles. The number of carbonyl (C=O) groups excluding carboxylic acids is 2. The molecule has 5 heterocycles. The molecule has 0 saturated carbocycles. The van der Waals surface area contributed by atoms with Crippen LogP contribution in [0.15, 0.2) is 29.1 Å². The molecule has 0 aliphatic carbocycles. The van der Waals surface area contributed by atoms with E-state index in [2.05, 4.69) is 25.5 Å². The number of imide groups is 1. The van der Waals surface area contributed by atoms with E-state index in [0.29, 0.717) is 71.1 Å². The number of amides is 3. The lowest BCUT2D eigenvalue weighted by Gasteiger charge is -2.42. The molecule has 4 N–H and O–H groups in total. The lowest BCUT2D eigenvalue weighted by molar-refractivity contribution is -0.121. The van der Waals surface area contributed by atoms with Gasteiger partial charge in [-0.1, -0.05) is 0 Å². The van der Waals surface area contributed by atoms with Crippen molar-refractivity contribution in [2.24, 2.45) is 5.92 Å². The largest absolute Gasteiger partial charge is 0.493 e. The fourth-order valence-corrected chi connectivity index (χ4v) is 8.80. The Morgan fingerprint density at radius 1 is 1.00 bits per heavy atom. The number of halogens is 2. The summed E-state index contributed by atoms with van der Waals surface area (Å²) in [6, 6.07) is 5.62. The third-order valence-electron chi connectivity index (χ3n) is 10.8. The van der Waals surface area contributed by atoms with Crippen LogP contribution in [0.1, 0.15) is 56.3 Å². The molecule has 3 aromatic rings. The molecule has 16 heteroatoms. The van der Waals surface area contributed by atoms with Crippen molar-refractivity contribution >= 4 is 51.8 Å². The van der Waals surface area contributed by atoms with Crippen molar-refractivity contribution in [1.29, 1.82) is 5.41 Å². The molecule has 284 valence electrons. The van der Waals surface area contributed by atoms with Crippen molar-refractivity contribution in [3.05, 3.63) is 57.6 Å². The van der Waals surface area contributed by atoms with Gasteiger partial charge in [-0.3, -0.25) is 25.2 Å². The molecule has 1 aromatic heterocycles. The first kappa shape index (κ1) is 37.1. The monoisotopic (exact) mass is 752 g/mol. The number of carbonyl (C=O) groups is 2. The van der Waals surface area contributed by atoms with Crippen molar-refractivity contribution in [1.82, 2.24) is 25.1 Å². The smallest absolute Gasteiger partial charge is 0.329 e. The molecule has 7 rings (SSSR count). The number of rotatable bonds is 10. The number of benzene rings is 2. The highest BCUT2D eigenvalue weighted by Gasteiger charge is 2.32. The second kappa shape index (κ2) is 16.4. The van der Waals surface area contributed by atoms with Crippen LogP contribution >= 0.6 is 11.8 Å². The third kappa shape index (κ3) is 8.44. The zero-order valence-corrected chi connectivity index (χ0v) is 30.7. The highest BCUT2D eigenvalue weighted by Crippen LogP contribution is 2.33. The average molecular weight is 753 g/mol. The molecule has 0 atom stereocenters. The number of aromatic amines is 1. The molecule has 53 heavy (non-hydrogen) atoms. The fourth-order valence-electron chi connectivity index (χ4n) is 7.74. The first-order valence-electron chi connectivity index (χ1n) is 18.4. The lowest BCUT2D eigenvalue weighted by atomic mass is 9.94. The Morgan fingerprint density at radius 2 is 1.75 bits per heavy atom. The fraction of sp³-hybridized carbons (Fsp3) is 0.541. The van der Waals surface area contributed by atoms with Gasteiger partial charge in [0.1, 0.15) is 34.4 Å². The Bertz CT molecular complexity index is 1910. The standard InChI is InChI=1S/C37H46F2N8O5S/c1-41-29-19-31(27(38)18-26(29)35(40)47-13-6-33(48)44-37(47)50)46-11-4-23(5-12-46)45-9-2-22(3-10-45)20-52-24-16-28(39)34-30(17-24)42-32(43-36(34)49)21-53-25-7-14-51-15-8-25/h16-19,22-23,25,40-41H,2-15,20-21H2,1H3,(H,42,43,49)(H,44,48,50). The topological polar surface area (TPSA) is 156 Å². The molecule has 0 spiro atoms. The van der Waals surface area contributed by atoms with E-state index in [1.54, 1.807) is 30.9 Å². The molecule has 3 amide bonds. The first-order valence-corrected chi connectivity index (χ1v) is 19.5. The molecule has 0 unspecified atom stereocenters. The van der Waals surface area contributed by atoms with Crippen LogP contribution in [0.25, 0.3) is 10.9 Å². The highest BCUT2D eigenvalue weighted by molar-refractivity contribution is 7.99. The number of nitrogens with zero attached hydrogens (tertiary/aromatic N) is 4. The zero-order valence-electron chi connectivity index (χ0n) is 29.8. The van der Waals surface area contributed by atoms with Gasteiger partial charge in [-0.05, 0) is 69.7 Å². The minimum absolute atomic E-state index is 0.0535. The maximum absolute atomic E-state index is 15.6. The molecule has 2 aromatic carbocycles. The number of H-pyrrole nitrogens is 1. The summed E-state index contributed by atoms with van der Waals surface area (Å²) in [6.07, 6.45) is 5.66. The van der Waals surface area contributed by atoms with Gasteiger partial charge in [0.25, 0.3) is 5.56 Å². The Kier molecular flexibility index (Phi) is 11.5. The van der Waals surface area contributed by atoms with Gasteiger partial charge in [-0.15, -0.1) is 0 Å². The van der Waals surface area contributed by atoms with Crippen molar-refractivity contribution in [3.8, 4) is 5.75 Å². The zero-order chi connectivity index (χ0) is 37.1. The van der Waals surface area contributed by atoms with Crippen LogP contribution in [0.5, 0.6) is 5.75 Å². The van der Waals surface area contributed by atoms with E-state index in [1.807, 2.05) is 4.90 Å². The summed E-state index contributed by atoms with van der Waals surface area (Å²) in [5.74, 6) is 0.0926. The predicted octanol–water partition coefficient (Wildman–Crippen LogP) is 4.68. The van der Waals surface area contributed by atoms with Crippen LogP contribution in [0.2, 0.25) is 0 Å². The van der Waals surface area contributed by atoms with Gasteiger partial charge in [0.15, 0.2) is 0 Å². The Morgan fingerprint density at radius 3 is 2.47 bits per heavy atom. The second-order valence-electron chi connectivity index (χ2n) is 14.1. The maximum atomic E-state index is 15.6. The van der Waals surface area contributed by atoms with Gasteiger partial charge in [-0.25, -0.2) is 18.6 Å². The minimum atomic E-state index is -0.682. The molecule has 4 aliphatic rings. The van der Waals surface area contributed by atoms with Gasteiger partial charge in [0.2, 0.25) is 5.91 Å². The van der Waals surface area contributed by atoms with E-state index in [4.69, 9.17) is 14.9 Å². The van der Waals surface area contributed by atoms with Crippen LogP contribution in [-0.4, -0.2) is 108 Å². The quantitative estimate of drug-likeness (QED) is 0.170. The van der Waals surface area contributed by atoms with Crippen molar-refractivity contribution < 1.29 is 27.8 Å². The number of ether oxygens (including phenoxy) is 2. The normalized spacial score (nSPS) is 19.8. The summed E-state index contributed by atoms with van der Waals surface area (Å²) in [6.45, 7) is 5.20. The lowest BCUT2D eigenvalue weighted by Crippen LogP contribution is -2.52. The van der Waals surface area contributed by atoms with E-state index in [9.17, 15) is 14.4 Å². The van der Waals surface area contributed by atoms with Crippen LogP contribution < -0.4 is 25.8 Å². The van der Waals surface area contributed by atoms with Crippen LogP contribution in [0.4, 0.5) is 25.0 Å². The summed E-state index contributed by atoms with van der Waals surface area (Å²) < 4.78 is 42.1. The summed E-state index contributed by atoms with van der Waals surface area (Å²) in [5, 5.41) is 14.2. The molecule has 4 saturated heterocycles. The van der Waals surface area contributed by atoms with Gasteiger partial charge in [-0.2, -0.15) is 11.8 Å². The summed E-state index contributed by atoms with van der Waals surface area (Å²) >= 11 is 1.73. The Hall–Kier alpha value is -4.28. The number of hydrogen-bond acceptors (Lipinski definition) is 11. The number of fused-ring (bicyclic) bond motifs is 1. The Labute approximate surface area is 310 Å². The van der Waals surface area contributed by atoms with E-state index in [-0.39, 0.29) is 29.8 Å². The average Bonchev–Trinajstić information content (AvgIpc) is 3.16. The number of likely N-dealkylation sites (tertiary alicyclic amines) is 1.